The van der Waals surface area contributed by atoms with E-state index in [4.69, 9.17) is 0 Å². The van der Waals surface area contributed by atoms with E-state index in [1.165, 1.54) is 5.69 Å². The maximum Gasteiger partial charge on any atom is 0.251 e. The van der Waals surface area contributed by atoms with Gasteiger partial charge in [0.05, 0.1) is 0 Å². The highest BCUT2D eigenvalue weighted by molar-refractivity contribution is 5.98. The summed E-state index contributed by atoms with van der Waals surface area (Å²) in [4.78, 5) is 18.3. The van der Waals surface area contributed by atoms with Gasteiger partial charge in [-0.25, -0.2) is 0 Å². The van der Waals surface area contributed by atoms with Crippen LogP contribution in [0, 0.1) is 13.8 Å². The zero-order valence-electron chi connectivity index (χ0n) is 19.8. The molecule has 33 heavy (non-hydrogen) atoms. The fourth-order valence-corrected chi connectivity index (χ4v) is 4.28. The van der Waals surface area contributed by atoms with E-state index in [9.17, 15) is 4.79 Å². The van der Waals surface area contributed by atoms with E-state index >= 15 is 0 Å². The Balaban J connectivity index is 1.50. The van der Waals surface area contributed by atoms with Crippen molar-refractivity contribution in [1.29, 1.82) is 0 Å². The smallest absolute Gasteiger partial charge is 0.251 e. The van der Waals surface area contributed by atoms with Crippen LogP contribution in [0.3, 0.4) is 0 Å². The highest BCUT2D eigenvalue weighted by atomic mass is 16.2. The number of amides is 1. The van der Waals surface area contributed by atoms with Crippen molar-refractivity contribution < 1.29 is 4.79 Å². The molecule has 1 amide bonds. The van der Waals surface area contributed by atoms with E-state index in [0.29, 0.717) is 0 Å². The normalized spacial score (nSPS) is 15.2. The van der Waals surface area contributed by atoms with Crippen LogP contribution in [0.15, 0.2) is 72.8 Å². The monoisotopic (exact) mass is 442 g/mol. The molecule has 3 aromatic rings. The quantitative estimate of drug-likeness (QED) is 0.526. The number of aryl methyl sites for hydroxylation is 2. The Morgan fingerprint density at radius 3 is 2.27 bits per heavy atom. The minimum Gasteiger partial charge on any atom is -0.370 e. The Bertz CT molecular complexity index is 1060. The summed E-state index contributed by atoms with van der Waals surface area (Å²) in [6.07, 6.45) is 0. The molecule has 1 aliphatic heterocycles. The van der Waals surface area contributed by atoms with Crippen LogP contribution in [0.1, 0.15) is 29.7 Å². The molecule has 0 aliphatic carbocycles. The second kappa shape index (κ2) is 10.5. The van der Waals surface area contributed by atoms with Gasteiger partial charge in [-0.3, -0.25) is 4.79 Å². The van der Waals surface area contributed by atoms with Gasteiger partial charge in [0.2, 0.25) is 0 Å². The fraction of sp³-hybridized carbons (Fsp3) is 0.321. The van der Waals surface area contributed by atoms with Gasteiger partial charge in [0.1, 0.15) is 6.04 Å². The molecule has 0 spiro atoms. The number of carbonyl (C=O) groups excluding carboxylic acids is 1. The lowest BCUT2D eigenvalue weighted by atomic mass is 10.0. The first-order chi connectivity index (χ1) is 16.0. The van der Waals surface area contributed by atoms with Crippen molar-refractivity contribution in [3.63, 3.8) is 0 Å². The van der Waals surface area contributed by atoms with Crippen molar-refractivity contribution in [1.82, 2.24) is 4.90 Å². The first-order valence-electron chi connectivity index (χ1n) is 11.8. The summed E-state index contributed by atoms with van der Waals surface area (Å²) in [5.41, 5.74) is 6.11. The summed E-state index contributed by atoms with van der Waals surface area (Å²) in [5.74, 6) is -0.0744. The predicted octanol–water partition coefficient (Wildman–Crippen LogP) is 5.24. The van der Waals surface area contributed by atoms with Crippen LogP contribution in [0.4, 0.5) is 17.1 Å². The molecule has 0 unspecified atom stereocenters. The summed E-state index contributed by atoms with van der Waals surface area (Å²) in [7, 11) is 0. The molecular weight excluding hydrogens is 408 g/mol. The Labute approximate surface area is 197 Å². The molecule has 1 heterocycles. The van der Waals surface area contributed by atoms with Gasteiger partial charge in [0, 0.05) is 43.2 Å². The maximum atomic E-state index is 13.4. The molecule has 3 aromatic carbocycles. The number of nitrogens with one attached hydrogen (secondary N) is 2. The average molecular weight is 443 g/mol. The SMILES string of the molecule is CCN1CCN(c2ccc(N[C@H](C(=O)Nc3cc(C)ccc3C)c3ccccc3)cc2)CC1. The Morgan fingerprint density at radius 1 is 0.909 bits per heavy atom. The van der Waals surface area contributed by atoms with Gasteiger partial charge in [0.25, 0.3) is 5.91 Å². The van der Waals surface area contributed by atoms with E-state index < -0.39 is 6.04 Å². The lowest BCUT2D eigenvalue weighted by molar-refractivity contribution is -0.117. The number of hydrogen-bond acceptors (Lipinski definition) is 4. The number of hydrogen-bond donors (Lipinski definition) is 2. The molecule has 0 aromatic heterocycles. The van der Waals surface area contributed by atoms with Crippen molar-refractivity contribution in [2.45, 2.75) is 26.8 Å². The zero-order valence-corrected chi connectivity index (χ0v) is 19.8. The zero-order chi connectivity index (χ0) is 23.2. The number of nitrogens with zero attached hydrogens (tertiary/aromatic N) is 2. The van der Waals surface area contributed by atoms with Gasteiger partial charge < -0.3 is 20.4 Å². The van der Waals surface area contributed by atoms with Crippen LogP contribution in [-0.4, -0.2) is 43.5 Å². The van der Waals surface area contributed by atoms with Crippen LogP contribution in [0.25, 0.3) is 0 Å². The Hall–Kier alpha value is -3.31. The molecular formula is C28H34N4O. The summed E-state index contributed by atoms with van der Waals surface area (Å²) < 4.78 is 0. The van der Waals surface area contributed by atoms with Crippen LogP contribution >= 0.6 is 0 Å². The van der Waals surface area contributed by atoms with E-state index in [1.807, 2.05) is 56.3 Å². The highest BCUT2D eigenvalue weighted by Crippen LogP contribution is 2.26. The lowest BCUT2D eigenvalue weighted by Gasteiger charge is -2.35. The third-order valence-electron chi connectivity index (χ3n) is 6.41. The minimum atomic E-state index is -0.495. The number of benzene rings is 3. The van der Waals surface area contributed by atoms with Gasteiger partial charge in [-0.2, -0.15) is 0 Å². The molecule has 0 radical (unpaired) electrons. The Kier molecular flexibility index (Phi) is 7.30. The van der Waals surface area contributed by atoms with Crippen molar-refractivity contribution in [2.24, 2.45) is 0 Å². The number of carbonyl (C=O) groups is 1. The van der Waals surface area contributed by atoms with Crippen LogP contribution < -0.4 is 15.5 Å². The van der Waals surface area contributed by atoms with E-state index in [0.717, 1.165) is 60.8 Å². The van der Waals surface area contributed by atoms with Gasteiger partial charge in [-0.05, 0) is 67.4 Å². The Morgan fingerprint density at radius 2 is 1.61 bits per heavy atom. The number of piperazine rings is 1. The third-order valence-corrected chi connectivity index (χ3v) is 6.41. The van der Waals surface area contributed by atoms with Gasteiger partial charge in [-0.15, -0.1) is 0 Å². The topological polar surface area (TPSA) is 47.6 Å². The number of likely N-dealkylation sites (N-methyl/N-ethyl adjacent to an activating group) is 1. The van der Waals surface area contributed by atoms with E-state index in [2.05, 4.69) is 57.7 Å². The summed E-state index contributed by atoms with van der Waals surface area (Å²) in [5, 5.41) is 6.59. The van der Waals surface area contributed by atoms with E-state index in [-0.39, 0.29) is 5.91 Å². The van der Waals surface area contributed by atoms with Gasteiger partial charge in [-0.1, -0.05) is 49.4 Å². The van der Waals surface area contributed by atoms with Crippen LogP contribution in [-0.2, 0) is 4.79 Å². The maximum absolute atomic E-state index is 13.4. The largest absolute Gasteiger partial charge is 0.370 e. The first kappa shape index (κ1) is 22.9. The lowest BCUT2D eigenvalue weighted by Crippen LogP contribution is -2.46. The van der Waals surface area contributed by atoms with Gasteiger partial charge in [0.15, 0.2) is 0 Å². The molecule has 0 bridgehead atoms. The molecule has 1 saturated heterocycles. The minimum absolute atomic E-state index is 0.0744. The van der Waals surface area contributed by atoms with Crippen molar-refractivity contribution in [3.8, 4) is 0 Å². The van der Waals surface area contributed by atoms with Crippen molar-refractivity contribution >= 4 is 23.0 Å². The van der Waals surface area contributed by atoms with Crippen molar-refractivity contribution in [3.05, 3.63) is 89.5 Å². The van der Waals surface area contributed by atoms with Gasteiger partial charge >= 0.3 is 0 Å². The summed E-state index contributed by atoms with van der Waals surface area (Å²) >= 11 is 0. The molecule has 0 saturated carbocycles. The predicted molar refractivity (Wildman–Crippen MR) is 138 cm³/mol. The van der Waals surface area contributed by atoms with E-state index in [1.54, 1.807) is 0 Å². The second-order valence-corrected chi connectivity index (χ2v) is 8.76. The summed E-state index contributed by atoms with van der Waals surface area (Å²) in [6.45, 7) is 11.7. The molecule has 1 fully saturated rings. The fourth-order valence-electron chi connectivity index (χ4n) is 4.28. The summed E-state index contributed by atoms with van der Waals surface area (Å²) in [6, 6.07) is 23.9. The highest BCUT2D eigenvalue weighted by Gasteiger charge is 2.22. The number of rotatable bonds is 7. The third kappa shape index (κ3) is 5.74. The molecule has 2 N–H and O–H groups in total. The molecule has 1 atom stereocenters. The first-order valence-corrected chi connectivity index (χ1v) is 11.8. The van der Waals surface area contributed by atoms with Crippen molar-refractivity contribution in [2.75, 3.05) is 48.3 Å². The molecule has 1 aliphatic rings. The van der Waals surface area contributed by atoms with Crippen LogP contribution in [0.5, 0.6) is 0 Å². The number of anilines is 3. The average Bonchev–Trinajstić information content (AvgIpc) is 2.85. The van der Waals surface area contributed by atoms with Crippen LogP contribution in [0.2, 0.25) is 0 Å². The molecule has 172 valence electrons. The standard InChI is InChI=1S/C28H34N4O/c1-4-31-16-18-32(19-17-31)25-14-12-24(13-15-25)29-27(23-8-6-5-7-9-23)28(33)30-26-20-21(2)10-11-22(26)3/h5-15,20,27,29H,4,16-19H2,1-3H3,(H,30,33)/t27-/m0/s1. The molecule has 5 heteroatoms. The second-order valence-electron chi connectivity index (χ2n) is 8.76. The molecule has 5 nitrogen and oxygen atoms in total. The molecule has 4 rings (SSSR count).